The van der Waals surface area contributed by atoms with Gasteiger partial charge < -0.3 is 0 Å². The van der Waals surface area contributed by atoms with Gasteiger partial charge in [-0.25, -0.2) is 0 Å². The number of rotatable bonds is 13. The number of aryl methyl sites for hydroxylation is 4. The summed E-state index contributed by atoms with van der Waals surface area (Å²) >= 11 is 0. The van der Waals surface area contributed by atoms with Crippen LogP contribution in [0.2, 0.25) is 0 Å². The molecule has 0 saturated heterocycles. The molecule has 0 fully saturated rings. The fourth-order valence-electron chi connectivity index (χ4n) is 7.64. The first-order chi connectivity index (χ1) is 28.0. The standard InChI is InChI=1S/C57H52/c1-5-50-21-13-15-42(3)55(50)41-56(52-19-11-8-12-20-52)53-37-35-47(36-38-53)30-29-45-25-23-44(24-26-45)27-28-46-31-33-49(34-32-46)40-54(39-48-17-9-7-10-18-48)57-43(4)16-14-22-51(57)6-2/h7-38,40-41H,5-6,39H2,1-4H3/b28-27+,30-29+,54-40?,56-41+. The molecule has 0 heterocycles. The largest absolute Gasteiger partial charge is 0.0622 e. The summed E-state index contributed by atoms with van der Waals surface area (Å²) in [5.74, 6) is 0. The molecule has 7 aromatic rings. The molecule has 0 amide bonds. The minimum Gasteiger partial charge on any atom is -0.0622 e. The van der Waals surface area contributed by atoms with Gasteiger partial charge in [0.2, 0.25) is 0 Å². The Morgan fingerprint density at radius 2 is 0.860 bits per heavy atom. The third-order valence-electron chi connectivity index (χ3n) is 10.8. The molecule has 280 valence electrons. The van der Waals surface area contributed by atoms with Crippen LogP contribution in [0.25, 0.3) is 47.6 Å². The molecule has 0 aliphatic rings. The van der Waals surface area contributed by atoms with Crippen LogP contribution in [0.5, 0.6) is 0 Å². The predicted molar refractivity (Wildman–Crippen MR) is 250 cm³/mol. The van der Waals surface area contributed by atoms with Crippen molar-refractivity contribution in [2.24, 2.45) is 0 Å². The lowest BCUT2D eigenvalue weighted by Crippen LogP contribution is -1.99. The Balaban J connectivity index is 1.03. The van der Waals surface area contributed by atoms with Gasteiger partial charge in [-0.05, 0) is 128 Å². The van der Waals surface area contributed by atoms with E-state index in [0.717, 1.165) is 19.3 Å². The summed E-state index contributed by atoms with van der Waals surface area (Å²) in [4.78, 5) is 0. The van der Waals surface area contributed by atoms with E-state index in [2.05, 4.69) is 234 Å². The normalized spacial score (nSPS) is 12.1. The maximum atomic E-state index is 2.37. The van der Waals surface area contributed by atoms with E-state index in [1.165, 1.54) is 89.0 Å². The molecule has 0 aromatic heterocycles. The SMILES string of the molecule is CCc1cccc(C)c1/C=C(\c1ccccc1)c1ccc(/C=C/c2ccc(/C=C/c3ccc(C=C(Cc4ccccc4)c4c(C)cccc4CC)cc3)cc2)cc1. The van der Waals surface area contributed by atoms with Gasteiger partial charge in [-0.15, -0.1) is 0 Å². The van der Waals surface area contributed by atoms with Gasteiger partial charge in [0.05, 0.1) is 0 Å². The Kier molecular flexibility index (Phi) is 12.8. The monoisotopic (exact) mass is 736 g/mol. The Labute approximate surface area is 340 Å². The van der Waals surface area contributed by atoms with Gasteiger partial charge in [-0.1, -0.05) is 214 Å². The van der Waals surface area contributed by atoms with Gasteiger partial charge in [0, 0.05) is 0 Å². The molecule has 7 rings (SSSR count). The first-order valence-electron chi connectivity index (χ1n) is 20.3. The molecule has 0 aliphatic carbocycles. The van der Waals surface area contributed by atoms with Crippen molar-refractivity contribution in [3.05, 3.63) is 248 Å². The Morgan fingerprint density at radius 1 is 0.404 bits per heavy atom. The molecular formula is C57H52. The van der Waals surface area contributed by atoms with Crippen molar-refractivity contribution in [1.29, 1.82) is 0 Å². The maximum absolute atomic E-state index is 2.37. The van der Waals surface area contributed by atoms with E-state index >= 15 is 0 Å². The predicted octanol–water partition coefficient (Wildman–Crippen LogP) is 15.1. The molecule has 0 heteroatoms. The van der Waals surface area contributed by atoms with E-state index in [1.807, 2.05) is 0 Å². The van der Waals surface area contributed by atoms with Crippen LogP contribution in [-0.2, 0) is 19.3 Å². The fraction of sp³-hybridized carbons (Fsp3) is 0.123. The van der Waals surface area contributed by atoms with Crippen molar-refractivity contribution in [3.8, 4) is 0 Å². The van der Waals surface area contributed by atoms with Gasteiger partial charge in [0.15, 0.2) is 0 Å². The Morgan fingerprint density at radius 3 is 1.40 bits per heavy atom. The van der Waals surface area contributed by atoms with E-state index in [4.69, 9.17) is 0 Å². The summed E-state index contributed by atoms with van der Waals surface area (Å²) in [6.45, 7) is 8.92. The minimum absolute atomic E-state index is 0.903. The lowest BCUT2D eigenvalue weighted by molar-refractivity contribution is 1.11. The molecule has 0 aliphatic heterocycles. The van der Waals surface area contributed by atoms with E-state index in [1.54, 1.807) is 0 Å². The topological polar surface area (TPSA) is 0 Å². The number of hydrogen-bond acceptors (Lipinski definition) is 0. The average Bonchev–Trinajstić information content (AvgIpc) is 3.26. The van der Waals surface area contributed by atoms with Crippen LogP contribution in [0.4, 0.5) is 0 Å². The zero-order valence-corrected chi connectivity index (χ0v) is 33.8. The van der Waals surface area contributed by atoms with E-state index < -0.39 is 0 Å². The van der Waals surface area contributed by atoms with Gasteiger partial charge >= 0.3 is 0 Å². The molecular weight excluding hydrogens is 685 g/mol. The minimum atomic E-state index is 0.903. The van der Waals surface area contributed by atoms with Crippen molar-refractivity contribution in [2.75, 3.05) is 0 Å². The lowest BCUT2D eigenvalue weighted by Gasteiger charge is -2.16. The number of hydrogen-bond donors (Lipinski definition) is 0. The average molecular weight is 737 g/mol. The summed E-state index contributed by atoms with van der Waals surface area (Å²) in [5.41, 5.74) is 20.4. The van der Waals surface area contributed by atoms with Crippen LogP contribution in [0, 0.1) is 13.8 Å². The van der Waals surface area contributed by atoms with Gasteiger partial charge in [0.25, 0.3) is 0 Å². The highest BCUT2D eigenvalue weighted by Gasteiger charge is 2.12. The van der Waals surface area contributed by atoms with Crippen molar-refractivity contribution in [2.45, 2.75) is 47.0 Å². The van der Waals surface area contributed by atoms with Crippen LogP contribution < -0.4 is 0 Å². The highest BCUT2D eigenvalue weighted by atomic mass is 14.2. The fourth-order valence-corrected chi connectivity index (χ4v) is 7.64. The summed E-state index contributed by atoms with van der Waals surface area (Å²) in [6.07, 6.45) is 16.4. The molecule has 0 radical (unpaired) electrons. The lowest BCUT2D eigenvalue weighted by atomic mass is 9.88. The molecule has 0 N–H and O–H groups in total. The third-order valence-corrected chi connectivity index (χ3v) is 10.8. The van der Waals surface area contributed by atoms with Gasteiger partial charge in [-0.2, -0.15) is 0 Å². The third kappa shape index (κ3) is 10.0. The first-order valence-corrected chi connectivity index (χ1v) is 20.3. The molecule has 0 saturated carbocycles. The second-order valence-electron chi connectivity index (χ2n) is 14.8. The zero-order valence-electron chi connectivity index (χ0n) is 33.8. The molecule has 0 atom stereocenters. The summed E-state index contributed by atoms with van der Waals surface area (Å²) < 4.78 is 0. The van der Waals surface area contributed by atoms with Crippen LogP contribution in [0.1, 0.15) is 91.7 Å². The van der Waals surface area contributed by atoms with Gasteiger partial charge in [-0.3, -0.25) is 0 Å². The van der Waals surface area contributed by atoms with E-state index in [-0.39, 0.29) is 0 Å². The Bertz CT molecular complexity index is 2510. The van der Waals surface area contributed by atoms with E-state index in [9.17, 15) is 0 Å². The van der Waals surface area contributed by atoms with Crippen molar-refractivity contribution in [3.63, 3.8) is 0 Å². The molecule has 0 spiro atoms. The molecule has 57 heavy (non-hydrogen) atoms. The highest BCUT2D eigenvalue weighted by molar-refractivity contribution is 5.93. The molecule has 0 bridgehead atoms. The van der Waals surface area contributed by atoms with Crippen molar-refractivity contribution < 1.29 is 0 Å². The second-order valence-corrected chi connectivity index (χ2v) is 14.8. The van der Waals surface area contributed by atoms with Crippen molar-refractivity contribution in [1.82, 2.24) is 0 Å². The van der Waals surface area contributed by atoms with Crippen LogP contribution in [0.15, 0.2) is 170 Å². The van der Waals surface area contributed by atoms with Crippen LogP contribution in [-0.4, -0.2) is 0 Å². The second kappa shape index (κ2) is 18.9. The first kappa shape index (κ1) is 38.8. The molecule has 0 nitrogen and oxygen atoms in total. The maximum Gasteiger partial charge on any atom is -0.00194 e. The van der Waals surface area contributed by atoms with Gasteiger partial charge in [0.1, 0.15) is 0 Å². The highest BCUT2D eigenvalue weighted by Crippen LogP contribution is 2.31. The van der Waals surface area contributed by atoms with Crippen molar-refractivity contribution >= 4 is 47.6 Å². The summed E-state index contributed by atoms with van der Waals surface area (Å²) in [6, 6.07) is 61.4. The number of benzene rings is 7. The molecule has 0 unspecified atom stereocenters. The van der Waals surface area contributed by atoms with Crippen LogP contribution in [0.3, 0.4) is 0 Å². The molecule has 7 aromatic carbocycles. The van der Waals surface area contributed by atoms with Crippen LogP contribution >= 0.6 is 0 Å². The zero-order chi connectivity index (χ0) is 39.4. The summed E-state index contributed by atoms with van der Waals surface area (Å²) in [7, 11) is 0. The quantitative estimate of drug-likeness (QED) is 0.103. The van der Waals surface area contributed by atoms with E-state index in [0.29, 0.717) is 0 Å². The number of allylic oxidation sites excluding steroid dienone is 1. The summed E-state index contributed by atoms with van der Waals surface area (Å²) in [5, 5.41) is 0. The smallest absolute Gasteiger partial charge is 0.00194 e. The Hall–Kier alpha value is -6.50.